The Morgan fingerprint density at radius 3 is 2.58 bits per heavy atom. The maximum Gasteiger partial charge on any atom is 0.237 e. The van der Waals surface area contributed by atoms with Crippen molar-refractivity contribution in [2.75, 3.05) is 11.2 Å². The van der Waals surface area contributed by atoms with Crippen molar-refractivity contribution in [2.24, 2.45) is 0 Å². The molecular formula is C16H22FN5OS. The molecule has 1 atom stereocenters. The number of nitrogens with two attached hydrogens (primary N) is 1. The number of aryl methyl sites for hydroxylation is 1. The second-order valence-electron chi connectivity index (χ2n) is 6.64. The van der Waals surface area contributed by atoms with E-state index in [9.17, 15) is 9.18 Å². The summed E-state index contributed by atoms with van der Waals surface area (Å²) in [5.74, 6) is 6.04. The van der Waals surface area contributed by atoms with Gasteiger partial charge in [-0.3, -0.25) is 4.79 Å². The van der Waals surface area contributed by atoms with Gasteiger partial charge in [-0.2, -0.15) is 0 Å². The van der Waals surface area contributed by atoms with E-state index in [0.29, 0.717) is 22.2 Å². The van der Waals surface area contributed by atoms with Gasteiger partial charge in [-0.05, 0) is 31.5 Å². The lowest BCUT2D eigenvalue weighted by Gasteiger charge is -2.17. The molecule has 130 valence electrons. The summed E-state index contributed by atoms with van der Waals surface area (Å²) >= 11 is 1.20. The largest absolute Gasteiger partial charge is 0.336 e. The van der Waals surface area contributed by atoms with E-state index in [1.165, 1.54) is 22.5 Å². The summed E-state index contributed by atoms with van der Waals surface area (Å²) in [5, 5.41) is 10.8. The highest BCUT2D eigenvalue weighted by molar-refractivity contribution is 8.00. The molecule has 1 heterocycles. The number of rotatable bonds is 4. The molecule has 1 unspecified atom stereocenters. The van der Waals surface area contributed by atoms with Crippen LogP contribution < -0.4 is 11.2 Å². The molecule has 0 radical (unpaired) electrons. The average molecular weight is 351 g/mol. The van der Waals surface area contributed by atoms with Crippen LogP contribution in [-0.2, 0) is 10.2 Å². The Hall–Kier alpha value is -2.09. The van der Waals surface area contributed by atoms with Gasteiger partial charge in [-0.15, -0.1) is 10.2 Å². The lowest BCUT2D eigenvalue weighted by molar-refractivity contribution is -0.115. The molecule has 0 aliphatic rings. The lowest BCUT2D eigenvalue weighted by Crippen LogP contribution is -2.26. The van der Waals surface area contributed by atoms with Crippen LogP contribution in [0.15, 0.2) is 23.4 Å². The molecule has 6 nitrogen and oxygen atoms in total. The molecule has 0 saturated heterocycles. The average Bonchev–Trinajstić information content (AvgIpc) is 2.84. The number of anilines is 1. The fourth-order valence-corrected chi connectivity index (χ4v) is 2.77. The predicted octanol–water partition coefficient (Wildman–Crippen LogP) is 2.86. The molecule has 3 N–H and O–H groups in total. The number of amides is 1. The van der Waals surface area contributed by atoms with Gasteiger partial charge in [0.05, 0.1) is 5.25 Å². The highest BCUT2D eigenvalue weighted by Gasteiger charge is 2.25. The molecule has 1 aromatic carbocycles. The summed E-state index contributed by atoms with van der Waals surface area (Å²) in [6.45, 7) is 9.35. The first-order chi connectivity index (χ1) is 11.1. The predicted molar refractivity (Wildman–Crippen MR) is 94.0 cm³/mol. The van der Waals surface area contributed by atoms with Gasteiger partial charge in [0.2, 0.25) is 11.1 Å². The highest BCUT2D eigenvalue weighted by atomic mass is 32.2. The summed E-state index contributed by atoms with van der Waals surface area (Å²) in [5.41, 5.74) is 0.701. The summed E-state index contributed by atoms with van der Waals surface area (Å²) in [7, 11) is 0. The van der Waals surface area contributed by atoms with Gasteiger partial charge in [-0.1, -0.05) is 38.6 Å². The van der Waals surface area contributed by atoms with E-state index in [2.05, 4.69) is 15.5 Å². The van der Waals surface area contributed by atoms with E-state index in [1.54, 1.807) is 26.0 Å². The SMILES string of the molecule is Cc1ccc(NC(=O)C(C)Sc2nnc(C(C)(C)C)n2N)cc1F. The van der Waals surface area contributed by atoms with Crippen LogP contribution in [0.25, 0.3) is 0 Å². The molecule has 0 bridgehead atoms. The number of aromatic nitrogens is 3. The Labute approximate surface area is 145 Å². The second kappa shape index (κ2) is 6.80. The first-order valence-corrected chi connectivity index (χ1v) is 8.42. The molecule has 0 spiro atoms. The minimum Gasteiger partial charge on any atom is -0.336 e. The molecule has 1 amide bonds. The summed E-state index contributed by atoms with van der Waals surface area (Å²) in [4.78, 5) is 12.3. The van der Waals surface area contributed by atoms with Crippen LogP contribution >= 0.6 is 11.8 Å². The van der Waals surface area contributed by atoms with E-state index >= 15 is 0 Å². The van der Waals surface area contributed by atoms with Crippen molar-refractivity contribution in [1.29, 1.82) is 0 Å². The minimum atomic E-state index is -0.464. The Bertz CT molecular complexity index is 753. The number of carbonyl (C=O) groups excluding carboxylic acids is 1. The maximum atomic E-state index is 13.6. The number of halogens is 1. The van der Waals surface area contributed by atoms with E-state index in [1.807, 2.05) is 20.8 Å². The van der Waals surface area contributed by atoms with Crippen LogP contribution in [0.2, 0.25) is 0 Å². The highest BCUT2D eigenvalue weighted by Crippen LogP contribution is 2.26. The normalized spacial score (nSPS) is 12.9. The zero-order valence-electron chi connectivity index (χ0n) is 14.4. The molecular weight excluding hydrogens is 329 g/mol. The van der Waals surface area contributed by atoms with Crippen molar-refractivity contribution in [3.63, 3.8) is 0 Å². The van der Waals surface area contributed by atoms with E-state index in [0.717, 1.165) is 0 Å². The van der Waals surface area contributed by atoms with Crippen LogP contribution in [-0.4, -0.2) is 26.0 Å². The van der Waals surface area contributed by atoms with E-state index in [4.69, 9.17) is 5.84 Å². The quantitative estimate of drug-likeness (QED) is 0.653. The number of hydrogen-bond donors (Lipinski definition) is 2. The van der Waals surface area contributed by atoms with Crippen molar-refractivity contribution < 1.29 is 9.18 Å². The van der Waals surface area contributed by atoms with Gasteiger partial charge in [0.1, 0.15) is 5.82 Å². The van der Waals surface area contributed by atoms with Crippen molar-refractivity contribution in [3.05, 3.63) is 35.4 Å². The third-order valence-corrected chi connectivity index (χ3v) is 4.48. The molecule has 0 aliphatic carbocycles. The number of nitrogens with one attached hydrogen (secondary N) is 1. The molecule has 24 heavy (non-hydrogen) atoms. The Balaban J connectivity index is 2.06. The molecule has 2 aromatic rings. The number of nitrogen functional groups attached to an aromatic ring is 1. The maximum absolute atomic E-state index is 13.6. The number of benzene rings is 1. The Morgan fingerprint density at radius 2 is 2.04 bits per heavy atom. The lowest BCUT2D eigenvalue weighted by atomic mass is 9.96. The van der Waals surface area contributed by atoms with Crippen molar-refractivity contribution in [2.45, 2.75) is 50.4 Å². The van der Waals surface area contributed by atoms with E-state index < -0.39 is 5.25 Å². The van der Waals surface area contributed by atoms with Crippen LogP contribution in [0.5, 0.6) is 0 Å². The molecule has 0 fully saturated rings. The fourth-order valence-electron chi connectivity index (χ4n) is 1.99. The van der Waals surface area contributed by atoms with Crippen molar-refractivity contribution in [1.82, 2.24) is 14.9 Å². The first-order valence-electron chi connectivity index (χ1n) is 7.54. The van der Waals surface area contributed by atoms with Crippen LogP contribution in [0.1, 0.15) is 39.1 Å². The number of carbonyl (C=O) groups is 1. The summed E-state index contributed by atoms with van der Waals surface area (Å²) in [6, 6.07) is 4.58. The summed E-state index contributed by atoms with van der Waals surface area (Å²) < 4.78 is 15.0. The Kier molecular flexibility index (Phi) is 5.17. The smallest absolute Gasteiger partial charge is 0.237 e. The first kappa shape index (κ1) is 18.3. The van der Waals surface area contributed by atoms with Gasteiger partial charge in [0.25, 0.3) is 0 Å². The van der Waals surface area contributed by atoms with Crippen LogP contribution in [0.3, 0.4) is 0 Å². The van der Waals surface area contributed by atoms with Crippen LogP contribution in [0.4, 0.5) is 10.1 Å². The van der Waals surface area contributed by atoms with Gasteiger partial charge in [0.15, 0.2) is 5.82 Å². The molecule has 0 aliphatic heterocycles. The fraction of sp³-hybridized carbons (Fsp3) is 0.438. The zero-order valence-corrected chi connectivity index (χ0v) is 15.2. The molecule has 0 saturated carbocycles. The number of nitrogens with zero attached hydrogens (tertiary/aromatic N) is 3. The number of thioether (sulfide) groups is 1. The molecule has 2 rings (SSSR count). The summed E-state index contributed by atoms with van der Waals surface area (Å²) in [6.07, 6.45) is 0. The zero-order chi connectivity index (χ0) is 18.1. The third kappa shape index (κ3) is 4.05. The third-order valence-electron chi connectivity index (χ3n) is 3.43. The van der Waals surface area contributed by atoms with Crippen molar-refractivity contribution >= 4 is 23.4 Å². The Morgan fingerprint density at radius 1 is 1.38 bits per heavy atom. The monoisotopic (exact) mass is 351 g/mol. The number of hydrogen-bond acceptors (Lipinski definition) is 5. The van der Waals surface area contributed by atoms with Gasteiger partial charge in [-0.25, -0.2) is 9.07 Å². The van der Waals surface area contributed by atoms with Gasteiger partial charge < -0.3 is 11.2 Å². The van der Waals surface area contributed by atoms with E-state index in [-0.39, 0.29) is 17.1 Å². The van der Waals surface area contributed by atoms with Crippen LogP contribution in [0, 0.1) is 12.7 Å². The van der Waals surface area contributed by atoms with Gasteiger partial charge in [0, 0.05) is 11.1 Å². The van der Waals surface area contributed by atoms with Gasteiger partial charge >= 0.3 is 0 Å². The molecule has 1 aromatic heterocycles. The second-order valence-corrected chi connectivity index (χ2v) is 7.95. The minimum absolute atomic E-state index is 0.245. The van der Waals surface area contributed by atoms with Crippen molar-refractivity contribution in [3.8, 4) is 0 Å². The molecule has 8 heteroatoms. The topological polar surface area (TPSA) is 85.8 Å². The standard InChI is InChI=1S/C16H22FN5OS/c1-9-6-7-11(8-12(9)17)19-13(23)10(2)24-15-21-20-14(22(15)18)16(3,4)5/h6-8,10H,18H2,1-5H3,(H,19,23).